The van der Waals surface area contributed by atoms with Crippen molar-refractivity contribution in [2.24, 2.45) is 11.8 Å². The fourth-order valence-corrected chi connectivity index (χ4v) is 3.97. The highest BCUT2D eigenvalue weighted by Gasteiger charge is 2.26. The summed E-state index contributed by atoms with van der Waals surface area (Å²) in [5.41, 5.74) is 0. The monoisotopic (exact) mass is 280 g/mol. The van der Waals surface area contributed by atoms with Crippen molar-refractivity contribution in [2.45, 2.75) is 77.7 Å². The Kier molecular flexibility index (Phi) is 7.37. The summed E-state index contributed by atoms with van der Waals surface area (Å²) in [5, 5.41) is 3.85. The van der Waals surface area contributed by atoms with Crippen LogP contribution in [-0.4, -0.2) is 37.1 Å². The maximum atomic E-state index is 3.85. The zero-order valence-corrected chi connectivity index (χ0v) is 13.9. The van der Waals surface area contributed by atoms with Crippen LogP contribution in [0.1, 0.15) is 71.6 Å². The van der Waals surface area contributed by atoms with E-state index >= 15 is 0 Å². The van der Waals surface area contributed by atoms with Crippen LogP contribution in [0.25, 0.3) is 0 Å². The summed E-state index contributed by atoms with van der Waals surface area (Å²) in [6.45, 7) is 9.88. The first-order chi connectivity index (χ1) is 9.75. The zero-order chi connectivity index (χ0) is 14.2. The van der Waals surface area contributed by atoms with Crippen molar-refractivity contribution in [3.63, 3.8) is 0 Å². The number of rotatable bonds is 6. The minimum atomic E-state index is 0.780. The third-order valence-electron chi connectivity index (χ3n) is 5.24. The Bertz CT molecular complexity index is 246. The lowest BCUT2D eigenvalue weighted by Crippen LogP contribution is -2.43. The number of hydrogen-bond donors (Lipinski definition) is 1. The summed E-state index contributed by atoms with van der Waals surface area (Å²) in [6, 6.07) is 0.780. The van der Waals surface area contributed by atoms with Gasteiger partial charge in [0.25, 0.3) is 0 Å². The first kappa shape index (κ1) is 16.3. The van der Waals surface area contributed by atoms with Gasteiger partial charge in [-0.25, -0.2) is 0 Å². The van der Waals surface area contributed by atoms with Gasteiger partial charge in [-0.1, -0.05) is 46.0 Å². The molecule has 2 fully saturated rings. The molecule has 118 valence electrons. The van der Waals surface area contributed by atoms with E-state index in [4.69, 9.17) is 0 Å². The van der Waals surface area contributed by atoms with Gasteiger partial charge in [0.15, 0.2) is 0 Å². The fourth-order valence-electron chi connectivity index (χ4n) is 3.97. The van der Waals surface area contributed by atoms with Crippen molar-refractivity contribution in [3.8, 4) is 0 Å². The van der Waals surface area contributed by atoms with Gasteiger partial charge in [-0.05, 0) is 57.2 Å². The summed E-state index contributed by atoms with van der Waals surface area (Å²) in [6.07, 6.45) is 12.9. The highest BCUT2D eigenvalue weighted by atomic mass is 15.2. The molecule has 0 radical (unpaired) electrons. The molecule has 0 bridgehead atoms. The molecule has 0 aromatic heterocycles. The van der Waals surface area contributed by atoms with Crippen LogP contribution in [0.3, 0.4) is 0 Å². The normalized spacial score (nSPS) is 26.9. The lowest BCUT2D eigenvalue weighted by atomic mass is 9.83. The molecule has 0 aromatic carbocycles. The maximum absolute atomic E-state index is 3.85. The lowest BCUT2D eigenvalue weighted by molar-refractivity contribution is 0.203. The molecule has 2 rings (SSSR count). The first-order valence-electron chi connectivity index (χ1n) is 9.21. The second-order valence-electron chi connectivity index (χ2n) is 7.50. The predicted molar refractivity (Wildman–Crippen MR) is 88.1 cm³/mol. The van der Waals surface area contributed by atoms with E-state index in [1.54, 1.807) is 0 Å². The molecule has 1 heterocycles. The van der Waals surface area contributed by atoms with Crippen LogP contribution < -0.4 is 5.32 Å². The van der Waals surface area contributed by atoms with E-state index in [1.165, 1.54) is 84.0 Å². The van der Waals surface area contributed by atoms with Crippen LogP contribution in [0.2, 0.25) is 0 Å². The molecular weight excluding hydrogens is 244 g/mol. The van der Waals surface area contributed by atoms with E-state index in [9.17, 15) is 0 Å². The van der Waals surface area contributed by atoms with Gasteiger partial charge < -0.3 is 10.2 Å². The van der Waals surface area contributed by atoms with Crippen molar-refractivity contribution >= 4 is 0 Å². The van der Waals surface area contributed by atoms with E-state index in [2.05, 4.69) is 24.1 Å². The minimum Gasteiger partial charge on any atom is -0.312 e. The molecule has 0 spiro atoms. The van der Waals surface area contributed by atoms with Crippen LogP contribution in [0.5, 0.6) is 0 Å². The van der Waals surface area contributed by atoms with Crippen LogP contribution in [0, 0.1) is 11.8 Å². The van der Waals surface area contributed by atoms with Gasteiger partial charge in [0.05, 0.1) is 0 Å². The van der Waals surface area contributed by atoms with Crippen molar-refractivity contribution < 1.29 is 0 Å². The van der Waals surface area contributed by atoms with Crippen molar-refractivity contribution in [1.82, 2.24) is 10.2 Å². The van der Waals surface area contributed by atoms with Gasteiger partial charge in [0.1, 0.15) is 0 Å². The van der Waals surface area contributed by atoms with Crippen LogP contribution in [-0.2, 0) is 0 Å². The second kappa shape index (κ2) is 9.04. The summed E-state index contributed by atoms with van der Waals surface area (Å²) in [4.78, 5) is 2.75. The molecule has 1 N–H and O–H groups in total. The van der Waals surface area contributed by atoms with Gasteiger partial charge in [-0.2, -0.15) is 0 Å². The molecule has 20 heavy (non-hydrogen) atoms. The molecule has 1 unspecified atom stereocenters. The third kappa shape index (κ3) is 5.73. The van der Waals surface area contributed by atoms with Crippen molar-refractivity contribution in [2.75, 3.05) is 26.2 Å². The number of nitrogens with zero attached hydrogens (tertiary/aromatic N) is 1. The molecular formula is C18H36N2. The average molecular weight is 281 g/mol. The Hall–Kier alpha value is -0.0800. The number of hydrogen-bond acceptors (Lipinski definition) is 2. The van der Waals surface area contributed by atoms with Gasteiger partial charge in [0.2, 0.25) is 0 Å². The van der Waals surface area contributed by atoms with Gasteiger partial charge in [-0.15, -0.1) is 0 Å². The molecule has 1 saturated heterocycles. The van der Waals surface area contributed by atoms with E-state index in [0.717, 1.165) is 17.9 Å². The van der Waals surface area contributed by atoms with E-state index in [1.807, 2.05) is 0 Å². The Morgan fingerprint density at radius 2 is 1.85 bits per heavy atom. The van der Waals surface area contributed by atoms with Gasteiger partial charge in [-0.3, -0.25) is 0 Å². The van der Waals surface area contributed by atoms with Crippen LogP contribution in [0.4, 0.5) is 0 Å². The average Bonchev–Trinajstić information content (AvgIpc) is 2.70. The summed E-state index contributed by atoms with van der Waals surface area (Å²) in [7, 11) is 0. The molecule has 0 amide bonds. The SMILES string of the molecule is CC(C)CCCCN1CCCNC(C2CCCCC2)C1. The van der Waals surface area contributed by atoms with E-state index < -0.39 is 0 Å². The molecule has 2 heteroatoms. The standard InChI is InChI=1S/C18H36N2/c1-16(2)9-6-7-13-20-14-8-12-19-18(15-20)17-10-4-3-5-11-17/h16-19H,3-15H2,1-2H3. The molecule has 2 aliphatic rings. The Morgan fingerprint density at radius 1 is 1.05 bits per heavy atom. The predicted octanol–water partition coefficient (Wildman–Crippen LogP) is 4.06. The molecule has 1 aliphatic carbocycles. The van der Waals surface area contributed by atoms with Crippen LogP contribution in [0.15, 0.2) is 0 Å². The van der Waals surface area contributed by atoms with E-state index in [-0.39, 0.29) is 0 Å². The molecule has 0 aromatic rings. The van der Waals surface area contributed by atoms with Crippen molar-refractivity contribution in [1.29, 1.82) is 0 Å². The Morgan fingerprint density at radius 3 is 2.60 bits per heavy atom. The number of unbranched alkanes of at least 4 members (excludes halogenated alkanes) is 1. The molecule has 2 nitrogen and oxygen atoms in total. The quantitative estimate of drug-likeness (QED) is 0.738. The topological polar surface area (TPSA) is 15.3 Å². The first-order valence-corrected chi connectivity index (χ1v) is 9.21. The zero-order valence-electron chi connectivity index (χ0n) is 13.9. The van der Waals surface area contributed by atoms with Crippen molar-refractivity contribution in [3.05, 3.63) is 0 Å². The maximum Gasteiger partial charge on any atom is 0.0223 e. The minimum absolute atomic E-state index is 0.780. The molecule has 1 atom stereocenters. The summed E-state index contributed by atoms with van der Waals surface area (Å²) in [5.74, 6) is 1.83. The third-order valence-corrected chi connectivity index (χ3v) is 5.24. The second-order valence-corrected chi connectivity index (χ2v) is 7.50. The lowest BCUT2D eigenvalue weighted by Gasteiger charge is -2.33. The number of nitrogens with one attached hydrogen (secondary N) is 1. The summed E-state index contributed by atoms with van der Waals surface area (Å²) >= 11 is 0. The Balaban J connectivity index is 1.71. The molecule has 1 saturated carbocycles. The highest BCUT2D eigenvalue weighted by Crippen LogP contribution is 2.27. The smallest absolute Gasteiger partial charge is 0.0223 e. The Labute approximate surface area is 126 Å². The van der Waals surface area contributed by atoms with Gasteiger partial charge >= 0.3 is 0 Å². The molecule has 1 aliphatic heterocycles. The van der Waals surface area contributed by atoms with Crippen LogP contribution >= 0.6 is 0 Å². The summed E-state index contributed by atoms with van der Waals surface area (Å²) < 4.78 is 0. The highest BCUT2D eigenvalue weighted by molar-refractivity contribution is 4.84. The largest absolute Gasteiger partial charge is 0.312 e. The van der Waals surface area contributed by atoms with E-state index in [0.29, 0.717) is 0 Å². The van der Waals surface area contributed by atoms with Gasteiger partial charge in [0, 0.05) is 12.6 Å². The fraction of sp³-hybridized carbons (Fsp3) is 1.00.